The van der Waals surface area contributed by atoms with E-state index in [1.807, 2.05) is 18.2 Å². The van der Waals surface area contributed by atoms with Crippen molar-refractivity contribution in [1.29, 1.82) is 10.5 Å². The van der Waals surface area contributed by atoms with Crippen LogP contribution >= 0.6 is 0 Å². The number of nitriles is 2. The van der Waals surface area contributed by atoms with E-state index in [0.717, 1.165) is 5.56 Å². The smallest absolute Gasteiger partial charge is 0.174 e. The zero-order chi connectivity index (χ0) is 28.0. The van der Waals surface area contributed by atoms with Gasteiger partial charge in [-0.1, -0.05) is 72.8 Å². The first-order valence-electron chi connectivity index (χ1n) is 13.0. The summed E-state index contributed by atoms with van der Waals surface area (Å²) in [5.74, 6) is -3.78. The Balaban J connectivity index is 1.53. The van der Waals surface area contributed by atoms with Crippen LogP contribution in [0.15, 0.2) is 97.1 Å². The Morgan fingerprint density at radius 1 is 0.850 bits per heavy atom. The molecule has 4 aromatic carbocycles. The lowest BCUT2D eigenvalue weighted by Crippen LogP contribution is -2.45. The first-order valence-corrected chi connectivity index (χ1v) is 13.0. The van der Waals surface area contributed by atoms with Gasteiger partial charge in [-0.3, -0.25) is 9.59 Å². The summed E-state index contributed by atoms with van der Waals surface area (Å²) in [7, 11) is 0. The summed E-state index contributed by atoms with van der Waals surface area (Å²) in [6.45, 7) is 0. The maximum Gasteiger partial charge on any atom is 0.174 e. The highest BCUT2D eigenvalue weighted by Gasteiger charge is 2.61. The zero-order valence-electron chi connectivity index (χ0n) is 21.4. The second-order valence-corrected chi connectivity index (χ2v) is 10.4. The van der Waals surface area contributed by atoms with Crippen molar-refractivity contribution in [3.05, 3.63) is 142 Å². The van der Waals surface area contributed by atoms with Crippen molar-refractivity contribution < 1.29 is 19.8 Å². The maximum absolute atomic E-state index is 14.1. The normalized spacial score (nSPS) is 23.5. The number of carbonyl (C=O) groups excluding carboxylic acids is 2. The minimum atomic E-state index is -1.76. The van der Waals surface area contributed by atoms with E-state index in [-0.39, 0.29) is 11.3 Å². The number of carbonyl (C=O) groups is 2. The maximum atomic E-state index is 14.1. The molecule has 0 aliphatic heterocycles. The van der Waals surface area contributed by atoms with Crippen LogP contribution in [-0.4, -0.2) is 21.8 Å². The summed E-state index contributed by atoms with van der Waals surface area (Å²) >= 11 is 0. The van der Waals surface area contributed by atoms with Crippen LogP contribution in [0.25, 0.3) is 0 Å². The van der Waals surface area contributed by atoms with E-state index in [9.17, 15) is 30.3 Å². The molecule has 0 saturated heterocycles. The van der Waals surface area contributed by atoms with Gasteiger partial charge < -0.3 is 10.2 Å². The number of nitrogens with zero attached hydrogens (tertiary/aromatic N) is 2. The monoisotopic (exact) mass is 524 g/mol. The van der Waals surface area contributed by atoms with Crippen LogP contribution in [0, 0.1) is 34.5 Å². The lowest BCUT2D eigenvalue weighted by molar-refractivity contribution is -0.0906. The molecule has 0 saturated carbocycles. The molecule has 0 aromatic heterocycles. The highest BCUT2D eigenvalue weighted by molar-refractivity contribution is 6.19. The molecule has 5 unspecified atom stereocenters. The molecule has 6 heteroatoms. The van der Waals surface area contributed by atoms with Gasteiger partial charge in [0.05, 0.1) is 35.3 Å². The van der Waals surface area contributed by atoms with Gasteiger partial charge in [0.15, 0.2) is 11.6 Å². The van der Waals surface area contributed by atoms with Crippen molar-refractivity contribution in [2.24, 2.45) is 11.8 Å². The van der Waals surface area contributed by atoms with Crippen LogP contribution in [0.4, 0.5) is 0 Å². The van der Waals surface area contributed by atoms with E-state index in [1.54, 1.807) is 60.7 Å². The fourth-order valence-electron chi connectivity index (χ4n) is 6.56. The van der Waals surface area contributed by atoms with Crippen LogP contribution in [0.1, 0.15) is 66.1 Å². The van der Waals surface area contributed by atoms with E-state index in [4.69, 9.17) is 0 Å². The molecule has 6 rings (SSSR count). The van der Waals surface area contributed by atoms with E-state index in [1.165, 1.54) is 24.3 Å². The lowest BCUT2D eigenvalue weighted by Gasteiger charge is -2.41. The average Bonchev–Trinajstić information content (AvgIpc) is 3.48. The summed E-state index contributed by atoms with van der Waals surface area (Å²) in [4.78, 5) is 28.0. The number of rotatable bonds is 5. The lowest BCUT2D eigenvalue weighted by atomic mass is 9.66. The quantitative estimate of drug-likeness (QED) is 0.280. The molecular weight excluding hydrogens is 500 g/mol. The van der Waals surface area contributed by atoms with Gasteiger partial charge in [0.25, 0.3) is 0 Å². The van der Waals surface area contributed by atoms with Gasteiger partial charge in [-0.05, 0) is 52.9 Å². The number of benzene rings is 4. The molecule has 40 heavy (non-hydrogen) atoms. The van der Waals surface area contributed by atoms with Gasteiger partial charge in [-0.25, -0.2) is 0 Å². The first-order chi connectivity index (χ1) is 19.4. The number of hydrogen-bond donors (Lipinski definition) is 2. The Bertz CT molecular complexity index is 1730. The van der Waals surface area contributed by atoms with Crippen LogP contribution in [0.5, 0.6) is 0 Å². The molecule has 4 aromatic rings. The Labute approximate surface area is 231 Å². The van der Waals surface area contributed by atoms with Crippen molar-refractivity contribution in [1.82, 2.24) is 0 Å². The minimum absolute atomic E-state index is 0.272. The van der Waals surface area contributed by atoms with E-state index >= 15 is 0 Å². The van der Waals surface area contributed by atoms with Crippen molar-refractivity contribution in [3.63, 3.8) is 0 Å². The first kappa shape index (κ1) is 25.4. The van der Waals surface area contributed by atoms with Crippen LogP contribution in [0.3, 0.4) is 0 Å². The van der Waals surface area contributed by atoms with Crippen LogP contribution < -0.4 is 0 Å². The van der Waals surface area contributed by atoms with E-state index < -0.39 is 35.2 Å². The van der Waals surface area contributed by atoms with Gasteiger partial charge in [0.1, 0.15) is 5.60 Å². The average molecular weight is 525 g/mol. The fourth-order valence-corrected chi connectivity index (χ4v) is 6.56. The number of fused-ring (bicyclic) bond motifs is 2. The molecular formula is C34H24N2O4. The Morgan fingerprint density at radius 3 is 2.12 bits per heavy atom. The summed E-state index contributed by atoms with van der Waals surface area (Å²) in [6.07, 6.45) is -0.808. The third-order valence-corrected chi connectivity index (χ3v) is 8.45. The van der Waals surface area contributed by atoms with Crippen molar-refractivity contribution >= 4 is 11.6 Å². The molecule has 2 aliphatic rings. The Kier molecular flexibility index (Phi) is 6.16. The molecule has 6 nitrogen and oxygen atoms in total. The number of aliphatic hydroxyl groups excluding tert-OH is 1. The molecule has 0 radical (unpaired) electrons. The number of ketones is 2. The second-order valence-electron chi connectivity index (χ2n) is 10.4. The van der Waals surface area contributed by atoms with Gasteiger partial charge in [0, 0.05) is 23.0 Å². The zero-order valence-corrected chi connectivity index (χ0v) is 21.4. The molecule has 0 bridgehead atoms. The predicted octanol–water partition coefficient (Wildman–Crippen LogP) is 5.00. The molecule has 2 aliphatic carbocycles. The molecule has 194 valence electrons. The second kappa shape index (κ2) is 9.70. The van der Waals surface area contributed by atoms with Gasteiger partial charge in [-0.15, -0.1) is 0 Å². The summed E-state index contributed by atoms with van der Waals surface area (Å²) < 4.78 is 0. The minimum Gasteiger partial charge on any atom is -0.388 e. The van der Waals surface area contributed by atoms with Crippen LogP contribution in [-0.2, 0) is 12.0 Å². The van der Waals surface area contributed by atoms with Crippen molar-refractivity contribution in [2.45, 2.75) is 24.0 Å². The molecule has 2 N–H and O–H groups in total. The van der Waals surface area contributed by atoms with E-state index in [2.05, 4.69) is 6.07 Å². The topological polar surface area (TPSA) is 122 Å². The molecule has 0 heterocycles. The highest BCUT2D eigenvalue weighted by Crippen LogP contribution is 2.59. The summed E-state index contributed by atoms with van der Waals surface area (Å²) in [6, 6.07) is 31.1. The molecule has 0 fully saturated rings. The van der Waals surface area contributed by atoms with Gasteiger partial charge in [0.2, 0.25) is 0 Å². The Morgan fingerprint density at radius 2 is 1.45 bits per heavy atom. The van der Waals surface area contributed by atoms with E-state index in [0.29, 0.717) is 39.8 Å². The SMILES string of the molecule is N#Cc1ccc(C(=O)C2C(=O)c3ccccc3C2C2(O)c3ccccc3CC2C(O)c2ccc(C#N)cc2)cc1. The predicted molar refractivity (Wildman–Crippen MR) is 146 cm³/mol. The van der Waals surface area contributed by atoms with Crippen LogP contribution in [0.2, 0.25) is 0 Å². The van der Waals surface area contributed by atoms with Crippen molar-refractivity contribution in [2.75, 3.05) is 0 Å². The van der Waals surface area contributed by atoms with Gasteiger partial charge in [-0.2, -0.15) is 10.5 Å². The standard InChI is InChI=1S/C34H24N2O4/c35-18-20-9-13-22(14-10-20)31(37)28-17-24-5-1-4-8-27(24)34(28,40)30-25-6-2-3-7-26(25)33(39)29(30)32(38)23-15-11-21(19-36)12-16-23/h1-16,28-31,37,40H,17H2. The summed E-state index contributed by atoms with van der Waals surface area (Å²) in [5.41, 5.74) is 2.24. The third-order valence-electron chi connectivity index (χ3n) is 8.45. The fraction of sp³-hybridized carbons (Fsp3) is 0.176. The molecule has 5 atom stereocenters. The number of hydrogen-bond acceptors (Lipinski definition) is 6. The highest BCUT2D eigenvalue weighted by atomic mass is 16.3. The third kappa shape index (κ3) is 3.78. The molecule has 0 spiro atoms. The summed E-state index contributed by atoms with van der Waals surface area (Å²) in [5, 5.41) is 43.0. The number of Topliss-reactive ketones (excluding diaryl/α,β-unsaturated/α-hetero) is 2. The van der Waals surface area contributed by atoms with Crippen molar-refractivity contribution in [3.8, 4) is 12.1 Å². The largest absolute Gasteiger partial charge is 0.388 e. The number of aliphatic hydroxyl groups is 2. The van der Waals surface area contributed by atoms with Gasteiger partial charge >= 0.3 is 0 Å². The molecule has 0 amide bonds. The Hall–Kier alpha value is -4.88.